The van der Waals surface area contributed by atoms with Gasteiger partial charge < -0.3 is 10.2 Å². The second-order valence-electron chi connectivity index (χ2n) is 5.41. The predicted molar refractivity (Wildman–Crippen MR) is 95.6 cm³/mol. The average molecular weight is 350 g/mol. The van der Waals surface area contributed by atoms with Gasteiger partial charge in [0.1, 0.15) is 6.33 Å². The highest BCUT2D eigenvalue weighted by molar-refractivity contribution is 6.30. The van der Waals surface area contributed by atoms with Crippen molar-refractivity contribution in [1.29, 1.82) is 0 Å². The van der Waals surface area contributed by atoms with E-state index < -0.39 is 4.92 Å². The Labute approximate surface area is 145 Å². The van der Waals surface area contributed by atoms with Crippen molar-refractivity contribution < 1.29 is 4.92 Å². The third kappa shape index (κ3) is 4.55. The zero-order valence-electron chi connectivity index (χ0n) is 13.7. The summed E-state index contributed by atoms with van der Waals surface area (Å²) in [6, 6.07) is 7.26. The molecule has 2 aromatic rings. The third-order valence-electron chi connectivity index (χ3n) is 3.57. The normalized spacial score (nSPS) is 10.5. The van der Waals surface area contributed by atoms with Crippen LogP contribution in [0.25, 0.3) is 0 Å². The van der Waals surface area contributed by atoms with Gasteiger partial charge >= 0.3 is 5.69 Å². The monoisotopic (exact) mass is 349 g/mol. The summed E-state index contributed by atoms with van der Waals surface area (Å²) in [5.74, 6) is 0.533. The number of rotatable bonds is 8. The maximum absolute atomic E-state index is 11.5. The van der Waals surface area contributed by atoms with Gasteiger partial charge in [0.2, 0.25) is 11.6 Å². The van der Waals surface area contributed by atoms with Crippen LogP contribution in [-0.4, -0.2) is 28.5 Å². The van der Waals surface area contributed by atoms with Crippen LogP contribution in [0.4, 0.5) is 17.3 Å². The fourth-order valence-corrected chi connectivity index (χ4v) is 2.36. The molecule has 1 heterocycles. The van der Waals surface area contributed by atoms with E-state index in [1.54, 1.807) is 24.1 Å². The number of benzene rings is 1. The average Bonchev–Trinajstić information content (AvgIpc) is 2.58. The Morgan fingerprint density at radius 1 is 1.29 bits per heavy atom. The van der Waals surface area contributed by atoms with Gasteiger partial charge in [-0.2, -0.15) is 0 Å². The minimum absolute atomic E-state index is 0.106. The maximum Gasteiger partial charge on any atom is 0.353 e. The highest BCUT2D eigenvalue weighted by Crippen LogP contribution is 2.31. The lowest BCUT2D eigenvalue weighted by Gasteiger charge is -2.18. The van der Waals surface area contributed by atoms with Gasteiger partial charge in [-0.3, -0.25) is 10.1 Å². The summed E-state index contributed by atoms with van der Waals surface area (Å²) >= 11 is 5.86. The number of halogens is 1. The van der Waals surface area contributed by atoms with Gasteiger partial charge in [-0.1, -0.05) is 37.1 Å². The van der Waals surface area contributed by atoms with Crippen molar-refractivity contribution in [2.75, 3.05) is 23.8 Å². The predicted octanol–water partition coefficient (Wildman–Crippen LogP) is 3.89. The van der Waals surface area contributed by atoms with E-state index in [0.29, 0.717) is 23.9 Å². The summed E-state index contributed by atoms with van der Waals surface area (Å²) in [4.78, 5) is 21.0. The first-order valence-electron chi connectivity index (χ1n) is 7.71. The van der Waals surface area contributed by atoms with E-state index in [2.05, 4.69) is 22.2 Å². The first-order valence-corrected chi connectivity index (χ1v) is 8.09. The van der Waals surface area contributed by atoms with E-state index in [1.807, 2.05) is 12.1 Å². The highest BCUT2D eigenvalue weighted by atomic mass is 35.5. The lowest BCUT2D eigenvalue weighted by atomic mass is 10.2. The number of nitrogens with zero attached hydrogens (tertiary/aromatic N) is 4. The topological polar surface area (TPSA) is 84.2 Å². The van der Waals surface area contributed by atoms with E-state index in [9.17, 15) is 10.1 Å². The fraction of sp³-hybridized carbons (Fsp3) is 0.375. The summed E-state index contributed by atoms with van der Waals surface area (Å²) < 4.78 is 0. The number of hydrogen-bond donors (Lipinski definition) is 1. The maximum atomic E-state index is 11.5. The van der Waals surface area contributed by atoms with Gasteiger partial charge in [0.05, 0.1) is 4.92 Å². The van der Waals surface area contributed by atoms with Crippen molar-refractivity contribution in [3.05, 3.63) is 51.3 Å². The summed E-state index contributed by atoms with van der Waals surface area (Å²) in [6.07, 6.45) is 3.28. The quantitative estimate of drug-likeness (QED) is 0.575. The van der Waals surface area contributed by atoms with E-state index >= 15 is 0 Å². The molecule has 0 saturated carbocycles. The van der Waals surface area contributed by atoms with Crippen molar-refractivity contribution in [2.45, 2.75) is 26.3 Å². The molecule has 0 fully saturated rings. The molecule has 0 aliphatic rings. The highest BCUT2D eigenvalue weighted by Gasteiger charge is 2.25. The van der Waals surface area contributed by atoms with Gasteiger partial charge in [0.15, 0.2) is 0 Å². The molecular formula is C16H20ClN5O2. The summed E-state index contributed by atoms with van der Waals surface area (Å²) in [6.45, 7) is 3.18. The van der Waals surface area contributed by atoms with Gasteiger partial charge in [-0.05, 0) is 24.1 Å². The van der Waals surface area contributed by atoms with Crippen LogP contribution < -0.4 is 10.2 Å². The Kier molecular flexibility index (Phi) is 6.31. The molecule has 1 N–H and O–H groups in total. The van der Waals surface area contributed by atoms with Gasteiger partial charge in [-0.25, -0.2) is 9.97 Å². The third-order valence-corrected chi connectivity index (χ3v) is 3.82. The molecule has 0 saturated heterocycles. The molecular weight excluding hydrogens is 330 g/mol. The van der Waals surface area contributed by atoms with Crippen LogP contribution in [0.2, 0.25) is 5.02 Å². The Morgan fingerprint density at radius 2 is 2.00 bits per heavy atom. The van der Waals surface area contributed by atoms with E-state index in [0.717, 1.165) is 18.4 Å². The molecule has 0 atom stereocenters. The molecule has 128 valence electrons. The van der Waals surface area contributed by atoms with Crippen molar-refractivity contribution in [1.82, 2.24) is 9.97 Å². The van der Waals surface area contributed by atoms with Crippen LogP contribution in [0.15, 0.2) is 30.6 Å². The molecule has 0 unspecified atom stereocenters. The van der Waals surface area contributed by atoms with Crippen molar-refractivity contribution >= 4 is 28.9 Å². The lowest BCUT2D eigenvalue weighted by molar-refractivity contribution is -0.383. The number of hydrogen-bond acceptors (Lipinski definition) is 6. The van der Waals surface area contributed by atoms with Gasteiger partial charge in [-0.15, -0.1) is 0 Å². The summed E-state index contributed by atoms with van der Waals surface area (Å²) in [7, 11) is 1.80. The molecule has 0 amide bonds. The van der Waals surface area contributed by atoms with E-state index in [1.165, 1.54) is 6.33 Å². The molecule has 0 spiro atoms. The first kappa shape index (κ1) is 17.9. The van der Waals surface area contributed by atoms with Crippen LogP contribution in [0, 0.1) is 10.1 Å². The molecule has 8 heteroatoms. The Morgan fingerprint density at radius 3 is 2.62 bits per heavy atom. The van der Waals surface area contributed by atoms with Crippen molar-refractivity contribution in [2.24, 2.45) is 0 Å². The Balaban J connectivity index is 2.22. The van der Waals surface area contributed by atoms with Crippen LogP contribution in [-0.2, 0) is 6.54 Å². The van der Waals surface area contributed by atoms with E-state index in [4.69, 9.17) is 11.6 Å². The van der Waals surface area contributed by atoms with E-state index in [-0.39, 0.29) is 11.5 Å². The molecule has 2 rings (SSSR count). The zero-order valence-corrected chi connectivity index (χ0v) is 14.5. The largest absolute Gasteiger partial charge is 0.360 e. The van der Waals surface area contributed by atoms with Crippen LogP contribution in [0.1, 0.15) is 25.3 Å². The molecule has 0 radical (unpaired) electrons. The smallest absolute Gasteiger partial charge is 0.353 e. The number of nitrogens with one attached hydrogen (secondary N) is 1. The molecule has 0 aliphatic carbocycles. The van der Waals surface area contributed by atoms with Gasteiger partial charge in [0.25, 0.3) is 0 Å². The second kappa shape index (κ2) is 8.44. The molecule has 1 aromatic heterocycles. The number of unbranched alkanes of at least 4 members (excludes halogenated alkanes) is 1. The SMILES string of the molecule is CCCCN(C)c1ncnc(NCc2ccc(Cl)cc2)c1[N+](=O)[O-]. The standard InChI is InChI=1S/C16H20ClN5O2/c1-3-4-9-21(2)16-14(22(23)24)15(19-11-20-16)18-10-12-5-7-13(17)8-6-12/h5-8,11H,3-4,9-10H2,1-2H3,(H,18,19,20). The Bertz CT molecular complexity index is 693. The molecule has 0 bridgehead atoms. The number of nitro groups is 1. The van der Waals surface area contributed by atoms with Crippen molar-refractivity contribution in [3.63, 3.8) is 0 Å². The molecule has 0 aliphatic heterocycles. The zero-order chi connectivity index (χ0) is 17.5. The van der Waals surface area contributed by atoms with Gasteiger partial charge in [0, 0.05) is 25.2 Å². The molecule has 7 nitrogen and oxygen atoms in total. The van der Waals surface area contributed by atoms with Crippen LogP contribution in [0.3, 0.4) is 0 Å². The summed E-state index contributed by atoms with van der Waals surface area (Å²) in [5.41, 5.74) is 0.846. The number of anilines is 2. The minimum Gasteiger partial charge on any atom is -0.360 e. The molecule has 1 aromatic carbocycles. The van der Waals surface area contributed by atoms with Crippen LogP contribution in [0.5, 0.6) is 0 Å². The summed E-state index contributed by atoms with van der Waals surface area (Å²) in [5, 5.41) is 15.2. The van der Waals surface area contributed by atoms with Crippen LogP contribution >= 0.6 is 11.6 Å². The fourth-order valence-electron chi connectivity index (χ4n) is 2.24. The lowest BCUT2D eigenvalue weighted by Crippen LogP contribution is -2.21. The molecule has 24 heavy (non-hydrogen) atoms. The Hall–Kier alpha value is -2.41. The first-order chi connectivity index (χ1) is 11.5. The second-order valence-corrected chi connectivity index (χ2v) is 5.84. The van der Waals surface area contributed by atoms with Crippen molar-refractivity contribution in [3.8, 4) is 0 Å². The number of aromatic nitrogens is 2. The minimum atomic E-state index is -0.442.